The Kier molecular flexibility index (Phi) is 7.24. The first-order chi connectivity index (χ1) is 29.0. The number of para-hydroxylation sites is 3. The van der Waals surface area contributed by atoms with E-state index in [2.05, 4.69) is 217 Å². The van der Waals surface area contributed by atoms with Gasteiger partial charge < -0.3 is 4.57 Å². The minimum absolute atomic E-state index is 0.128. The molecule has 59 heavy (non-hydrogen) atoms. The van der Waals surface area contributed by atoms with Gasteiger partial charge in [0.05, 0.1) is 33.5 Å². The van der Waals surface area contributed by atoms with E-state index in [0.29, 0.717) is 5.95 Å². The Labute approximate surface area is 342 Å². The summed E-state index contributed by atoms with van der Waals surface area (Å²) in [7, 11) is 0. The molecule has 0 radical (unpaired) electrons. The Hall–Kier alpha value is -7.56. The van der Waals surface area contributed by atoms with Crippen molar-refractivity contribution in [2.75, 3.05) is 0 Å². The molecule has 0 spiro atoms. The van der Waals surface area contributed by atoms with E-state index in [1.807, 2.05) is 0 Å². The first kappa shape index (κ1) is 33.6. The minimum Gasteiger partial charge on any atom is -0.309 e. The molecule has 0 unspecified atom stereocenters. The average molecular weight is 755 g/mol. The maximum Gasteiger partial charge on any atom is 0.235 e. The van der Waals surface area contributed by atoms with Crippen molar-refractivity contribution >= 4 is 43.6 Å². The molecule has 8 aromatic carbocycles. The third-order valence-electron chi connectivity index (χ3n) is 12.5. The quantitative estimate of drug-likeness (QED) is 0.175. The molecule has 0 saturated heterocycles. The molecule has 0 atom stereocenters. The van der Waals surface area contributed by atoms with Gasteiger partial charge in [0, 0.05) is 43.8 Å². The molecule has 4 heteroatoms. The molecule has 278 valence electrons. The van der Waals surface area contributed by atoms with E-state index in [0.717, 1.165) is 66.4 Å². The highest BCUT2D eigenvalue weighted by molar-refractivity contribution is 6.17. The van der Waals surface area contributed by atoms with Gasteiger partial charge in [0.25, 0.3) is 0 Å². The number of hydrogen-bond donors (Lipinski definition) is 0. The molecular formula is C55H38N4. The summed E-state index contributed by atoms with van der Waals surface area (Å²) < 4.78 is 4.71. The second kappa shape index (κ2) is 12.7. The summed E-state index contributed by atoms with van der Waals surface area (Å²) in [6.07, 6.45) is 0. The van der Waals surface area contributed by atoms with Gasteiger partial charge in [0.1, 0.15) is 0 Å². The van der Waals surface area contributed by atoms with Crippen LogP contribution in [0.4, 0.5) is 0 Å². The maximum atomic E-state index is 5.56. The highest BCUT2D eigenvalue weighted by Gasteiger charge is 2.35. The van der Waals surface area contributed by atoms with Crippen LogP contribution in [0.5, 0.6) is 0 Å². The molecule has 3 aromatic heterocycles. The number of rotatable bonds is 5. The zero-order chi connectivity index (χ0) is 39.2. The summed E-state index contributed by atoms with van der Waals surface area (Å²) in [5.41, 5.74) is 17.1. The number of nitrogens with zero attached hydrogens (tertiary/aromatic N) is 4. The van der Waals surface area contributed by atoms with Crippen LogP contribution < -0.4 is 0 Å². The molecule has 4 nitrogen and oxygen atoms in total. The Morgan fingerprint density at radius 3 is 1.83 bits per heavy atom. The van der Waals surface area contributed by atoms with Crippen LogP contribution in [0.1, 0.15) is 25.0 Å². The summed E-state index contributed by atoms with van der Waals surface area (Å²) in [5.74, 6) is 0.650. The lowest BCUT2D eigenvalue weighted by Crippen LogP contribution is -2.15. The van der Waals surface area contributed by atoms with Crippen LogP contribution in [0.15, 0.2) is 194 Å². The van der Waals surface area contributed by atoms with Crippen molar-refractivity contribution in [2.45, 2.75) is 19.3 Å². The SMILES string of the molecule is CC1(C)c2ccccc2-c2ccc(-c3nc(-n4c5ccccc5c5cc6c(-c7ccccc7)c(-c7ccccc7)n(-c7ccccc7)c6cc54)nc4ccccc34)cc21. The number of aromatic nitrogens is 4. The highest BCUT2D eigenvalue weighted by atomic mass is 15.2. The Morgan fingerprint density at radius 1 is 0.407 bits per heavy atom. The zero-order valence-corrected chi connectivity index (χ0v) is 32.8. The van der Waals surface area contributed by atoms with Gasteiger partial charge in [-0.25, -0.2) is 9.97 Å². The Bertz CT molecular complexity index is 3450. The van der Waals surface area contributed by atoms with E-state index in [4.69, 9.17) is 9.97 Å². The van der Waals surface area contributed by atoms with Crippen LogP contribution in [0, 0.1) is 0 Å². The average Bonchev–Trinajstić information content (AvgIpc) is 3.88. The van der Waals surface area contributed by atoms with E-state index < -0.39 is 0 Å². The van der Waals surface area contributed by atoms with Crippen LogP contribution in [0.2, 0.25) is 0 Å². The molecule has 12 rings (SSSR count). The van der Waals surface area contributed by atoms with Crippen LogP contribution in [-0.4, -0.2) is 19.1 Å². The topological polar surface area (TPSA) is 35.6 Å². The van der Waals surface area contributed by atoms with Crippen molar-refractivity contribution in [2.24, 2.45) is 0 Å². The summed E-state index contributed by atoms with van der Waals surface area (Å²) in [6.45, 7) is 4.67. The minimum atomic E-state index is -0.128. The van der Waals surface area contributed by atoms with Gasteiger partial charge in [-0.3, -0.25) is 4.57 Å². The lowest BCUT2D eigenvalue weighted by molar-refractivity contribution is 0.660. The van der Waals surface area contributed by atoms with Crippen LogP contribution in [0.3, 0.4) is 0 Å². The van der Waals surface area contributed by atoms with E-state index in [-0.39, 0.29) is 5.41 Å². The van der Waals surface area contributed by atoms with Crippen LogP contribution >= 0.6 is 0 Å². The molecule has 1 aliphatic carbocycles. The summed E-state index contributed by atoms with van der Waals surface area (Å²) in [4.78, 5) is 10.9. The molecule has 11 aromatic rings. The van der Waals surface area contributed by atoms with E-state index in [9.17, 15) is 0 Å². The Morgan fingerprint density at radius 2 is 1.03 bits per heavy atom. The summed E-state index contributed by atoms with van der Waals surface area (Å²) in [5, 5.41) is 4.54. The maximum absolute atomic E-state index is 5.56. The number of hydrogen-bond acceptors (Lipinski definition) is 2. The molecule has 1 aliphatic rings. The molecule has 0 fully saturated rings. The molecule has 0 bridgehead atoms. The highest BCUT2D eigenvalue weighted by Crippen LogP contribution is 2.50. The van der Waals surface area contributed by atoms with E-state index in [1.54, 1.807) is 0 Å². The van der Waals surface area contributed by atoms with Gasteiger partial charge in [-0.05, 0) is 75.8 Å². The Balaban J connectivity index is 1.17. The molecule has 3 heterocycles. The van der Waals surface area contributed by atoms with Gasteiger partial charge in [-0.1, -0.05) is 166 Å². The van der Waals surface area contributed by atoms with Crippen molar-refractivity contribution in [3.05, 3.63) is 205 Å². The van der Waals surface area contributed by atoms with Crippen molar-refractivity contribution in [3.63, 3.8) is 0 Å². The first-order valence-electron chi connectivity index (χ1n) is 20.3. The molecule has 0 aliphatic heterocycles. The van der Waals surface area contributed by atoms with E-state index >= 15 is 0 Å². The van der Waals surface area contributed by atoms with Crippen molar-refractivity contribution in [3.8, 4) is 56.4 Å². The molecular weight excluding hydrogens is 717 g/mol. The summed E-state index contributed by atoms with van der Waals surface area (Å²) >= 11 is 0. The van der Waals surface area contributed by atoms with Gasteiger partial charge in [0.2, 0.25) is 5.95 Å². The van der Waals surface area contributed by atoms with Gasteiger partial charge in [0.15, 0.2) is 0 Å². The molecule has 0 saturated carbocycles. The van der Waals surface area contributed by atoms with Crippen LogP contribution in [-0.2, 0) is 5.41 Å². The third-order valence-corrected chi connectivity index (χ3v) is 12.5. The fourth-order valence-electron chi connectivity index (χ4n) is 9.81. The van der Waals surface area contributed by atoms with Crippen molar-refractivity contribution in [1.29, 1.82) is 0 Å². The number of benzene rings is 8. The van der Waals surface area contributed by atoms with Gasteiger partial charge in [-0.15, -0.1) is 0 Å². The first-order valence-corrected chi connectivity index (χ1v) is 20.3. The van der Waals surface area contributed by atoms with Crippen molar-refractivity contribution < 1.29 is 0 Å². The van der Waals surface area contributed by atoms with Gasteiger partial charge in [-0.2, -0.15) is 0 Å². The number of fused-ring (bicyclic) bond motifs is 8. The predicted molar refractivity (Wildman–Crippen MR) is 245 cm³/mol. The fourth-order valence-corrected chi connectivity index (χ4v) is 9.81. The fraction of sp³-hybridized carbons (Fsp3) is 0.0545. The largest absolute Gasteiger partial charge is 0.309 e. The smallest absolute Gasteiger partial charge is 0.235 e. The lowest BCUT2D eigenvalue weighted by Gasteiger charge is -2.22. The van der Waals surface area contributed by atoms with Gasteiger partial charge >= 0.3 is 0 Å². The molecule has 0 N–H and O–H groups in total. The summed E-state index contributed by atoms with van der Waals surface area (Å²) in [6, 6.07) is 69.9. The van der Waals surface area contributed by atoms with E-state index in [1.165, 1.54) is 38.8 Å². The lowest BCUT2D eigenvalue weighted by atomic mass is 9.82. The monoisotopic (exact) mass is 754 g/mol. The second-order valence-corrected chi connectivity index (χ2v) is 16.2. The zero-order valence-electron chi connectivity index (χ0n) is 32.8. The molecule has 0 amide bonds. The second-order valence-electron chi connectivity index (χ2n) is 16.2. The standard InChI is InChI=1S/C55H38N4/c1-55(2)45-27-15-12-24-39(45)40-31-30-37(32-46(40)55)52-42-26-13-16-28-47(42)56-54(57-52)59-48-29-17-14-25-41(48)43-33-44-50(34-49(43)59)58(38-22-10-5-11-23-38)53(36-20-8-4-9-21-36)51(44)35-18-6-3-7-19-35/h3-34H,1-2H3. The predicted octanol–water partition coefficient (Wildman–Crippen LogP) is 14.0. The van der Waals surface area contributed by atoms with Crippen LogP contribution in [0.25, 0.3) is 100 Å². The van der Waals surface area contributed by atoms with Crippen molar-refractivity contribution in [1.82, 2.24) is 19.1 Å². The third kappa shape index (κ3) is 4.96. The normalized spacial score (nSPS) is 13.1.